The van der Waals surface area contributed by atoms with Crippen molar-refractivity contribution in [3.8, 4) is 0 Å². The van der Waals surface area contributed by atoms with Gasteiger partial charge in [-0.05, 0) is 49.3 Å². The molecule has 1 unspecified atom stereocenters. The minimum atomic E-state index is -0.429. The highest BCUT2D eigenvalue weighted by atomic mass is 35.5. The first-order chi connectivity index (χ1) is 10.6. The normalized spacial score (nSPS) is 21.4. The molecular weight excluding hydrogens is 305 g/mol. The number of rotatable bonds is 6. The largest absolute Gasteiger partial charge is 0.376 e. The minimum absolute atomic E-state index is 0.116. The SMILES string of the molecule is O=C(CCc1ccc(Cl)c(F)c1)N1CCC(OCC2CC2)C1. The second-order valence-electron chi connectivity index (χ2n) is 6.28. The summed E-state index contributed by atoms with van der Waals surface area (Å²) in [5, 5.41) is 0.116. The second kappa shape index (κ2) is 6.97. The molecule has 1 aliphatic heterocycles. The lowest BCUT2D eigenvalue weighted by molar-refractivity contribution is -0.130. The summed E-state index contributed by atoms with van der Waals surface area (Å²) in [6.45, 7) is 2.31. The van der Waals surface area contributed by atoms with Crippen molar-refractivity contribution >= 4 is 17.5 Å². The molecule has 1 aromatic carbocycles. The zero-order valence-electron chi connectivity index (χ0n) is 12.6. The van der Waals surface area contributed by atoms with Crippen molar-refractivity contribution in [1.82, 2.24) is 4.90 Å². The van der Waals surface area contributed by atoms with Gasteiger partial charge in [0.05, 0.1) is 11.1 Å². The van der Waals surface area contributed by atoms with Crippen LogP contribution in [0.25, 0.3) is 0 Å². The van der Waals surface area contributed by atoms with Crippen molar-refractivity contribution in [2.45, 2.75) is 38.2 Å². The predicted octanol–water partition coefficient (Wildman–Crippen LogP) is 3.44. The van der Waals surface area contributed by atoms with E-state index in [0.717, 1.165) is 31.1 Å². The second-order valence-corrected chi connectivity index (χ2v) is 6.68. The Morgan fingerprint density at radius 3 is 2.91 bits per heavy atom. The molecule has 1 heterocycles. The van der Waals surface area contributed by atoms with Crippen LogP contribution in [0.2, 0.25) is 5.02 Å². The molecule has 2 fully saturated rings. The Morgan fingerprint density at radius 1 is 1.36 bits per heavy atom. The van der Waals surface area contributed by atoms with E-state index in [1.54, 1.807) is 6.07 Å². The highest BCUT2D eigenvalue weighted by Gasteiger charge is 2.29. The summed E-state index contributed by atoms with van der Waals surface area (Å²) in [6, 6.07) is 4.71. The zero-order chi connectivity index (χ0) is 15.5. The number of hydrogen-bond acceptors (Lipinski definition) is 2. The molecule has 1 aromatic rings. The van der Waals surface area contributed by atoms with Crippen LogP contribution in [0.15, 0.2) is 18.2 Å². The van der Waals surface area contributed by atoms with Gasteiger partial charge in [-0.1, -0.05) is 17.7 Å². The summed E-state index contributed by atoms with van der Waals surface area (Å²) < 4.78 is 19.2. The van der Waals surface area contributed by atoms with E-state index in [-0.39, 0.29) is 17.0 Å². The number of likely N-dealkylation sites (tertiary alicyclic amines) is 1. The van der Waals surface area contributed by atoms with Gasteiger partial charge < -0.3 is 9.64 Å². The molecule has 2 aliphatic rings. The Balaban J connectivity index is 1.42. The molecule has 0 aromatic heterocycles. The van der Waals surface area contributed by atoms with Crippen LogP contribution in [-0.4, -0.2) is 36.6 Å². The number of ether oxygens (including phenoxy) is 1. The average molecular weight is 326 g/mol. The van der Waals surface area contributed by atoms with Crippen molar-refractivity contribution in [2.24, 2.45) is 5.92 Å². The Kier molecular flexibility index (Phi) is 4.99. The van der Waals surface area contributed by atoms with Crippen LogP contribution in [0.5, 0.6) is 0 Å². The molecule has 0 N–H and O–H groups in total. The third-order valence-electron chi connectivity index (χ3n) is 4.37. The number of aryl methyl sites for hydroxylation is 1. The molecular formula is C17H21ClFNO2. The van der Waals surface area contributed by atoms with Gasteiger partial charge >= 0.3 is 0 Å². The van der Waals surface area contributed by atoms with Gasteiger partial charge in [-0.2, -0.15) is 0 Å². The fourth-order valence-corrected chi connectivity index (χ4v) is 2.87. The number of benzene rings is 1. The van der Waals surface area contributed by atoms with E-state index >= 15 is 0 Å². The monoisotopic (exact) mass is 325 g/mol. The molecule has 22 heavy (non-hydrogen) atoms. The standard InChI is InChI=1S/C17H21ClFNO2/c18-15-5-3-12(9-16(15)19)4-6-17(21)20-8-7-14(10-20)22-11-13-1-2-13/h3,5,9,13-14H,1-2,4,6-8,10-11H2. The lowest BCUT2D eigenvalue weighted by Crippen LogP contribution is -2.30. The molecule has 1 saturated carbocycles. The zero-order valence-corrected chi connectivity index (χ0v) is 13.3. The maximum atomic E-state index is 13.4. The van der Waals surface area contributed by atoms with Crippen LogP contribution in [0.1, 0.15) is 31.2 Å². The van der Waals surface area contributed by atoms with Crippen molar-refractivity contribution < 1.29 is 13.9 Å². The minimum Gasteiger partial charge on any atom is -0.376 e. The number of halogens is 2. The van der Waals surface area contributed by atoms with Crippen molar-refractivity contribution in [2.75, 3.05) is 19.7 Å². The maximum Gasteiger partial charge on any atom is 0.222 e. The Bertz CT molecular complexity index is 547. The van der Waals surface area contributed by atoms with E-state index in [2.05, 4.69) is 0 Å². The number of carbonyl (C=O) groups is 1. The van der Waals surface area contributed by atoms with Gasteiger partial charge in [0.1, 0.15) is 5.82 Å². The van der Waals surface area contributed by atoms with E-state index in [0.29, 0.717) is 19.4 Å². The number of carbonyl (C=O) groups excluding carboxylic acids is 1. The van der Waals surface area contributed by atoms with Gasteiger partial charge in [0.2, 0.25) is 5.91 Å². The van der Waals surface area contributed by atoms with Gasteiger partial charge in [-0.25, -0.2) is 4.39 Å². The summed E-state index contributed by atoms with van der Waals surface area (Å²) in [7, 11) is 0. The van der Waals surface area contributed by atoms with Gasteiger partial charge in [-0.3, -0.25) is 4.79 Å². The van der Waals surface area contributed by atoms with Crippen LogP contribution in [0, 0.1) is 11.7 Å². The van der Waals surface area contributed by atoms with Crippen LogP contribution in [-0.2, 0) is 16.0 Å². The molecule has 0 bridgehead atoms. The fraction of sp³-hybridized carbons (Fsp3) is 0.588. The van der Waals surface area contributed by atoms with Crippen LogP contribution < -0.4 is 0 Å². The molecule has 1 atom stereocenters. The number of amides is 1. The molecule has 0 spiro atoms. The summed E-state index contributed by atoms with van der Waals surface area (Å²) in [4.78, 5) is 14.1. The van der Waals surface area contributed by atoms with Crippen LogP contribution in [0.4, 0.5) is 4.39 Å². The predicted molar refractivity (Wildman–Crippen MR) is 83.4 cm³/mol. The van der Waals surface area contributed by atoms with E-state index < -0.39 is 5.82 Å². The Hall–Kier alpha value is -1.13. The van der Waals surface area contributed by atoms with E-state index in [1.165, 1.54) is 25.0 Å². The molecule has 1 aliphatic carbocycles. The molecule has 120 valence electrons. The molecule has 3 rings (SSSR count). The number of nitrogens with zero attached hydrogens (tertiary/aromatic N) is 1. The third-order valence-corrected chi connectivity index (χ3v) is 4.68. The van der Waals surface area contributed by atoms with E-state index in [4.69, 9.17) is 16.3 Å². The van der Waals surface area contributed by atoms with Gasteiger partial charge in [-0.15, -0.1) is 0 Å². The van der Waals surface area contributed by atoms with Crippen LogP contribution >= 0.6 is 11.6 Å². The molecule has 0 radical (unpaired) electrons. The summed E-state index contributed by atoms with van der Waals surface area (Å²) in [5.41, 5.74) is 0.802. The highest BCUT2D eigenvalue weighted by Crippen LogP contribution is 2.30. The van der Waals surface area contributed by atoms with E-state index in [1.807, 2.05) is 4.90 Å². The van der Waals surface area contributed by atoms with Crippen molar-refractivity contribution in [1.29, 1.82) is 0 Å². The van der Waals surface area contributed by atoms with Gasteiger partial charge in [0.25, 0.3) is 0 Å². The summed E-state index contributed by atoms with van der Waals surface area (Å²) in [6.07, 6.45) is 4.62. The van der Waals surface area contributed by atoms with Crippen LogP contribution in [0.3, 0.4) is 0 Å². The lowest BCUT2D eigenvalue weighted by Gasteiger charge is -2.17. The fourth-order valence-electron chi connectivity index (χ4n) is 2.75. The smallest absolute Gasteiger partial charge is 0.222 e. The molecule has 5 heteroatoms. The highest BCUT2D eigenvalue weighted by molar-refractivity contribution is 6.30. The first kappa shape index (κ1) is 15.8. The van der Waals surface area contributed by atoms with Crippen molar-refractivity contribution in [3.63, 3.8) is 0 Å². The molecule has 3 nitrogen and oxygen atoms in total. The van der Waals surface area contributed by atoms with E-state index in [9.17, 15) is 9.18 Å². The maximum absolute atomic E-state index is 13.4. The molecule has 1 amide bonds. The first-order valence-electron chi connectivity index (χ1n) is 7.95. The molecule has 1 saturated heterocycles. The van der Waals surface area contributed by atoms with Gasteiger partial charge in [0, 0.05) is 26.1 Å². The lowest BCUT2D eigenvalue weighted by atomic mass is 10.1. The van der Waals surface area contributed by atoms with Crippen molar-refractivity contribution in [3.05, 3.63) is 34.6 Å². The third kappa shape index (κ3) is 4.20. The first-order valence-corrected chi connectivity index (χ1v) is 8.33. The summed E-state index contributed by atoms with van der Waals surface area (Å²) >= 11 is 5.66. The topological polar surface area (TPSA) is 29.5 Å². The average Bonchev–Trinajstić information content (AvgIpc) is 3.22. The Morgan fingerprint density at radius 2 is 2.18 bits per heavy atom. The Labute approximate surface area is 135 Å². The quantitative estimate of drug-likeness (QED) is 0.802. The summed E-state index contributed by atoms with van der Waals surface area (Å²) in [5.74, 6) is 0.443. The number of hydrogen-bond donors (Lipinski definition) is 0. The van der Waals surface area contributed by atoms with Gasteiger partial charge in [0.15, 0.2) is 0 Å².